The van der Waals surface area contributed by atoms with Gasteiger partial charge in [-0.15, -0.1) is 0 Å². The number of carbonyl (C=O) groups is 1. The van der Waals surface area contributed by atoms with Gasteiger partial charge in [-0.3, -0.25) is 4.79 Å². The van der Waals surface area contributed by atoms with E-state index in [0.29, 0.717) is 0 Å². The van der Waals surface area contributed by atoms with Crippen molar-refractivity contribution in [2.45, 2.75) is 24.6 Å². The summed E-state index contributed by atoms with van der Waals surface area (Å²) in [6.45, 7) is -0.0733. The second-order valence-corrected chi connectivity index (χ2v) is 3.47. The van der Waals surface area contributed by atoms with Crippen molar-refractivity contribution in [2.75, 3.05) is 13.7 Å². The van der Waals surface area contributed by atoms with Crippen molar-refractivity contribution < 1.29 is 31.5 Å². The van der Waals surface area contributed by atoms with Crippen molar-refractivity contribution in [1.82, 2.24) is 5.32 Å². The molecule has 0 spiro atoms. The molecule has 0 aromatic carbocycles. The summed E-state index contributed by atoms with van der Waals surface area (Å²) in [6, 6.07) is -1.61. The summed E-state index contributed by atoms with van der Waals surface area (Å²) < 4.78 is 66.5. The first-order valence-electron chi connectivity index (χ1n) is 4.47. The molecular formula is C8H10F5NO2. The standard InChI is InChI=1S/C8H10F5NO2/c1-16-6(15)5-4(2-3-14-5)7(9,10)8(11,12)13/h4-5,14H,2-3H2,1H3/t4-,5-/m0/s1. The lowest BCUT2D eigenvalue weighted by molar-refractivity contribution is -0.303. The number of alkyl halides is 5. The number of rotatable bonds is 2. The highest BCUT2D eigenvalue weighted by Crippen LogP contribution is 2.45. The van der Waals surface area contributed by atoms with E-state index in [1.165, 1.54) is 0 Å². The van der Waals surface area contributed by atoms with E-state index >= 15 is 0 Å². The molecule has 1 rings (SSSR count). The summed E-state index contributed by atoms with van der Waals surface area (Å²) in [5.74, 6) is -8.11. The number of esters is 1. The molecule has 0 bridgehead atoms. The monoisotopic (exact) mass is 247 g/mol. The van der Waals surface area contributed by atoms with Crippen molar-refractivity contribution in [3.63, 3.8) is 0 Å². The summed E-state index contributed by atoms with van der Waals surface area (Å²) in [7, 11) is 0.936. The highest BCUT2D eigenvalue weighted by atomic mass is 19.4. The molecule has 1 saturated heterocycles. The third kappa shape index (κ3) is 2.11. The molecule has 94 valence electrons. The van der Waals surface area contributed by atoms with Gasteiger partial charge in [0.15, 0.2) is 0 Å². The fourth-order valence-corrected chi connectivity index (χ4v) is 1.68. The van der Waals surface area contributed by atoms with Crippen LogP contribution in [0.2, 0.25) is 0 Å². The molecule has 1 fully saturated rings. The third-order valence-electron chi connectivity index (χ3n) is 2.52. The van der Waals surface area contributed by atoms with Crippen LogP contribution in [0.4, 0.5) is 22.0 Å². The van der Waals surface area contributed by atoms with Crippen LogP contribution in [0.15, 0.2) is 0 Å². The Bertz CT molecular complexity index is 278. The van der Waals surface area contributed by atoms with Crippen LogP contribution in [0.3, 0.4) is 0 Å². The number of ether oxygens (including phenoxy) is 1. The second-order valence-electron chi connectivity index (χ2n) is 3.47. The third-order valence-corrected chi connectivity index (χ3v) is 2.52. The molecule has 2 atom stereocenters. The number of hydrogen-bond acceptors (Lipinski definition) is 3. The van der Waals surface area contributed by atoms with Crippen molar-refractivity contribution in [2.24, 2.45) is 5.92 Å². The van der Waals surface area contributed by atoms with Crippen molar-refractivity contribution >= 4 is 5.97 Å². The maximum Gasteiger partial charge on any atom is 0.453 e. The van der Waals surface area contributed by atoms with Crippen LogP contribution in [0.5, 0.6) is 0 Å². The van der Waals surface area contributed by atoms with E-state index in [1.54, 1.807) is 0 Å². The lowest BCUT2D eigenvalue weighted by atomic mass is 9.93. The molecule has 0 radical (unpaired) electrons. The fourth-order valence-electron chi connectivity index (χ4n) is 1.68. The van der Waals surface area contributed by atoms with Gasteiger partial charge in [-0.1, -0.05) is 0 Å². The van der Waals surface area contributed by atoms with E-state index in [2.05, 4.69) is 10.1 Å². The van der Waals surface area contributed by atoms with Crippen molar-refractivity contribution in [3.8, 4) is 0 Å². The summed E-state index contributed by atoms with van der Waals surface area (Å²) in [4.78, 5) is 11.0. The summed E-state index contributed by atoms with van der Waals surface area (Å²) in [5, 5.41) is 2.28. The van der Waals surface area contributed by atoms with E-state index in [0.717, 1.165) is 7.11 Å². The Kier molecular flexibility index (Phi) is 3.41. The molecular weight excluding hydrogens is 237 g/mol. The normalized spacial score (nSPS) is 26.9. The Morgan fingerprint density at radius 3 is 2.31 bits per heavy atom. The molecule has 0 aromatic rings. The van der Waals surface area contributed by atoms with E-state index in [4.69, 9.17) is 0 Å². The lowest BCUT2D eigenvalue weighted by Crippen LogP contribution is -2.51. The summed E-state index contributed by atoms with van der Waals surface area (Å²) >= 11 is 0. The molecule has 1 aliphatic heterocycles. The van der Waals surface area contributed by atoms with Crippen LogP contribution in [-0.4, -0.2) is 37.8 Å². The van der Waals surface area contributed by atoms with Gasteiger partial charge in [0.1, 0.15) is 6.04 Å². The van der Waals surface area contributed by atoms with Crippen LogP contribution in [0.25, 0.3) is 0 Å². The van der Waals surface area contributed by atoms with Gasteiger partial charge in [0, 0.05) is 0 Å². The lowest BCUT2D eigenvalue weighted by Gasteiger charge is -2.28. The second kappa shape index (κ2) is 4.15. The zero-order chi connectivity index (χ0) is 12.6. The summed E-state index contributed by atoms with van der Waals surface area (Å²) in [6.07, 6.45) is -6.08. The summed E-state index contributed by atoms with van der Waals surface area (Å²) in [5.41, 5.74) is 0. The van der Waals surface area contributed by atoms with Gasteiger partial charge in [0.25, 0.3) is 0 Å². The highest BCUT2D eigenvalue weighted by Gasteiger charge is 2.65. The first kappa shape index (κ1) is 13.1. The zero-order valence-corrected chi connectivity index (χ0v) is 8.28. The van der Waals surface area contributed by atoms with Crippen LogP contribution < -0.4 is 5.32 Å². The molecule has 0 unspecified atom stereocenters. The van der Waals surface area contributed by atoms with Gasteiger partial charge < -0.3 is 10.1 Å². The predicted molar refractivity (Wildman–Crippen MR) is 42.9 cm³/mol. The minimum atomic E-state index is -5.66. The zero-order valence-electron chi connectivity index (χ0n) is 8.28. The predicted octanol–water partition coefficient (Wildman–Crippen LogP) is 1.34. The topological polar surface area (TPSA) is 38.3 Å². The van der Waals surface area contributed by atoms with E-state index in [-0.39, 0.29) is 6.54 Å². The maximum atomic E-state index is 13.0. The van der Waals surface area contributed by atoms with Gasteiger partial charge in [-0.2, -0.15) is 22.0 Å². The molecule has 1 heterocycles. The van der Waals surface area contributed by atoms with E-state index in [1.807, 2.05) is 0 Å². The van der Waals surface area contributed by atoms with Crippen molar-refractivity contribution in [1.29, 1.82) is 0 Å². The Hall–Kier alpha value is -0.920. The highest BCUT2D eigenvalue weighted by molar-refractivity contribution is 5.76. The molecule has 8 heteroatoms. The average Bonchev–Trinajstić information content (AvgIpc) is 2.63. The number of nitrogens with one attached hydrogen (secondary N) is 1. The molecule has 0 amide bonds. The van der Waals surface area contributed by atoms with E-state index < -0.39 is 36.4 Å². The molecule has 0 saturated carbocycles. The number of carbonyl (C=O) groups excluding carboxylic acids is 1. The van der Waals surface area contributed by atoms with Gasteiger partial charge in [0.2, 0.25) is 0 Å². The van der Waals surface area contributed by atoms with Gasteiger partial charge >= 0.3 is 18.1 Å². The first-order valence-corrected chi connectivity index (χ1v) is 4.47. The van der Waals surface area contributed by atoms with Crippen molar-refractivity contribution in [3.05, 3.63) is 0 Å². The smallest absolute Gasteiger partial charge is 0.453 e. The number of halogens is 5. The average molecular weight is 247 g/mol. The van der Waals surface area contributed by atoms with Crippen LogP contribution in [0, 0.1) is 5.92 Å². The molecule has 1 N–H and O–H groups in total. The molecule has 0 aromatic heterocycles. The van der Waals surface area contributed by atoms with E-state index in [9.17, 15) is 26.7 Å². The molecule has 0 aliphatic carbocycles. The largest absolute Gasteiger partial charge is 0.468 e. The Balaban J connectivity index is 2.91. The Labute approximate surface area is 87.9 Å². The van der Waals surface area contributed by atoms with Crippen LogP contribution >= 0.6 is 0 Å². The minimum absolute atomic E-state index is 0.0733. The Morgan fingerprint density at radius 1 is 1.31 bits per heavy atom. The number of hydrogen-bond donors (Lipinski definition) is 1. The first-order chi connectivity index (χ1) is 7.21. The minimum Gasteiger partial charge on any atom is -0.468 e. The van der Waals surface area contributed by atoms with Gasteiger partial charge in [-0.05, 0) is 13.0 Å². The van der Waals surface area contributed by atoms with Crippen LogP contribution in [0.1, 0.15) is 6.42 Å². The Morgan fingerprint density at radius 2 is 1.88 bits per heavy atom. The molecule has 3 nitrogen and oxygen atoms in total. The quantitative estimate of drug-likeness (QED) is 0.591. The maximum absolute atomic E-state index is 13.0. The SMILES string of the molecule is COC(=O)[C@H]1NCC[C@@H]1C(F)(F)C(F)(F)F. The van der Waals surface area contributed by atoms with Gasteiger partial charge in [0.05, 0.1) is 13.0 Å². The molecule has 16 heavy (non-hydrogen) atoms. The molecule has 1 aliphatic rings. The fraction of sp³-hybridized carbons (Fsp3) is 0.875. The van der Waals surface area contributed by atoms with Gasteiger partial charge in [-0.25, -0.2) is 0 Å². The number of methoxy groups -OCH3 is 1. The van der Waals surface area contributed by atoms with Crippen LogP contribution in [-0.2, 0) is 9.53 Å².